The molecule has 6 heteroatoms. The molecule has 96 valence electrons. The van der Waals surface area contributed by atoms with Crippen LogP contribution < -0.4 is 4.72 Å². The van der Waals surface area contributed by atoms with Crippen molar-refractivity contribution >= 4 is 33.2 Å². The van der Waals surface area contributed by atoms with Gasteiger partial charge in [-0.05, 0) is 39.0 Å². The number of rotatable bonds is 4. The van der Waals surface area contributed by atoms with Crippen LogP contribution in [0.2, 0.25) is 5.02 Å². The molecule has 0 aliphatic rings. The third-order valence-corrected chi connectivity index (χ3v) is 4.95. The van der Waals surface area contributed by atoms with Crippen LogP contribution in [0.5, 0.6) is 0 Å². The second-order valence-corrected chi connectivity index (χ2v) is 7.17. The maximum absolute atomic E-state index is 12.1. The van der Waals surface area contributed by atoms with Crippen molar-refractivity contribution < 1.29 is 8.42 Å². The Labute approximate surface area is 112 Å². The maximum Gasteiger partial charge on any atom is 0.241 e. The zero-order valence-corrected chi connectivity index (χ0v) is 12.2. The van der Waals surface area contributed by atoms with Crippen molar-refractivity contribution in [3.63, 3.8) is 0 Å². The van der Waals surface area contributed by atoms with E-state index in [0.29, 0.717) is 5.02 Å². The average Bonchev–Trinajstić information content (AvgIpc) is 2.15. The Morgan fingerprint density at radius 1 is 1.35 bits per heavy atom. The van der Waals surface area contributed by atoms with Gasteiger partial charge in [-0.15, -0.1) is 11.6 Å². The number of benzene rings is 1. The Kier molecular flexibility index (Phi) is 4.47. The van der Waals surface area contributed by atoms with Crippen molar-refractivity contribution in [2.45, 2.75) is 36.6 Å². The Bertz CT molecular complexity index is 498. The molecule has 17 heavy (non-hydrogen) atoms. The van der Waals surface area contributed by atoms with Crippen molar-refractivity contribution in [1.29, 1.82) is 0 Å². The Morgan fingerprint density at radius 3 is 2.41 bits per heavy atom. The number of hydrogen-bond donors (Lipinski definition) is 1. The predicted molar refractivity (Wildman–Crippen MR) is 71.2 cm³/mol. The summed E-state index contributed by atoms with van der Waals surface area (Å²) in [6, 6.07) is 6.10. The van der Waals surface area contributed by atoms with E-state index in [9.17, 15) is 8.42 Å². The molecule has 0 aliphatic heterocycles. The number of sulfonamides is 1. The minimum atomic E-state index is -3.60. The first-order chi connectivity index (χ1) is 7.65. The van der Waals surface area contributed by atoms with Crippen LogP contribution >= 0.6 is 23.2 Å². The largest absolute Gasteiger partial charge is 0.241 e. The highest BCUT2D eigenvalue weighted by Crippen LogP contribution is 2.21. The van der Waals surface area contributed by atoms with Crippen LogP contribution in [0.25, 0.3) is 0 Å². The van der Waals surface area contributed by atoms with Gasteiger partial charge >= 0.3 is 0 Å². The molecule has 0 saturated carbocycles. The molecule has 0 spiro atoms. The lowest BCUT2D eigenvalue weighted by molar-refractivity contribution is 0.445. The summed E-state index contributed by atoms with van der Waals surface area (Å²) in [4.78, 5) is 0.135. The van der Waals surface area contributed by atoms with Crippen molar-refractivity contribution in [2.75, 3.05) is 0 Å². The molecule has 0 aromatic heterocycles. The average molecular weight is 296 g/mol. The zero-order chi connectivity index (χ0) is 13.3. The molecule has 1 unspecified atom stereocenters. The van der Waals surface area contributed by atoms with Crippen LogP contribution in [0.4, 0.5) is 0 Å². The highest BCUT2D eigenvalue weighted by Gasteiger charge is 2.30. The van der Waals surface area contributed by atoms with Crippen molar-refractivity contribution in [1.82, 2.24) is 4.72 Å². The third-order valence-electron chi connectivity index (χ3n) is 2.50. The standard InChI is InChI=1S/C11H15Cl2NO2S/c1-8(12)11(2,3)14-17(15,16)10-6-4-5-9(13)7-10/h4-8,14H,1-3H3. The number of halogens is 2. The zero-order valence-electron chi connectivity index (χ0n) is 9.87. The van der Waals surface area contributed by atoms with Gasteiger partial charge in [-0.2, -0.15) is 0 Å². The molecule has 0 saturated heterocycles. The minimum absolute atomic E-state index is 0.135. The quantitative estimate of drug-likeness (QED) is 0.868. The molecule has 1 aromatic carbocycles. The lowest BCUT2D eigenvalue weighted by Crippen LogP contribution is -2.48. The van der Waals surface area contributed by atoms with Crippen LogP contribution in [0, 0.1) is 0 Å². The number of hydrogen-bond acceptors (Lipinski definition) is 2. The fourth-order valence-electron chi connectivity index (χ4n) is 1.12. The van der Waals surface area contributed by atoms with Crippen molar-refractivity contribution in [3.05, 3.63) is 29.3 Å². The fourth-order valence-corrected chi connectivity index (χ4v) is 3.02. The molecule has 0 radical (unpaired) electrons. The van der Waals surface area contributed by atoms with Crippen LogP contribution in [0.3, 0.4) is 0 Å². The number of nitrogens with one attached hydrogen (secondary N) is 1. The molecule has 1 rings (SSSR count). The third kappa shape index (κ3) is 3.85. The molecule has 1 atom stereocenters. The first-order valence-corrected chi connectivity index (χ1v) is 7.38. The first kappa shape index (κ1) is 14.8. The lowest BCUT2D eigenvalue weighted by Gasteiger charge is -2.28. The Morgan fingerprint density at radius 2 is 1.94 bits per heavy atom. The summed E-state index contributed by atoms with van der Waals surface area (Å²) in [6.45, 7) is 5.20. The summed E-state index contributed by atoms with van der Waals surface area (Å²) in [5, 5.41) is 0.0427. The molecular weight excluding hydrogens is 281 g/mol. The summed E-state index contributed by atoms with van der Waals surface area (Å²) in [5.74, 6) is 0. The summed E-state index contributed by atoms with van der Waals surface area (Å²) in [5.41, 5.74) is -0.733. The van der Waals surface area contributed by atoms with Crippen molar-refractivity contribution in [3.8, 4) is 0 Å². The lowest BCUT2D eigenvalue weighted by atomic mass is 10.0. The highest BCUT2D eigenvalue weighted by atomic mass is 35.5. The van der Waals surface area contributed by atoms with Gasteiger partial charge in [-0.25, -0.2) is 13.1 Å². The van der Waals surface area contributed by atoms with Gasteiger partial charge in [-0.3, -0.25) is 0 Å². The molecule has 0 heterocycles. The molecule has 3 nitrogen and oxygen atoms in total. The van der Waals surface area contributed by atoms with E-state index in [-0.39, 0.29) is 10.3 Å². The molecule has 1 aromatic rings. The van der Waals surface area contributed by atoms with Crippen molar-refractivity contribution in [2.24, 2.45) is 0 Å². The Balaban J connectivity index is 3.06. The van der Waals surface area contributed by atoms with Gasteiger partial charge in [0.05, 0.1) is 4.90 Å². The molecule has 0 aliphatic carbocycles. The van der Waals surface area contributed by atoms with E-state index in [2.05, 4.69) is 4.72 Å². The topological polar surface area (TPSA) is 46.2 Å². The van der Waals surface area contributed by atoms with E-state index in [1.807, 2.05) is 0 Å². The van der Waals surface area contributed by atoms with E-state index in [4.69, 9.17) is 23.2 Å². The number of alkyl halides is 1. The monoisotopic (exact) mass is 295 g/mol. The van der Waals surface area contributed by atoms with Gasteiger partial charge in [0, 0.05) is 15.9 Å². The van der Waals surface area contributed by atoms with Gasteiger partial charge in [0.1, 0.15) is 0 Å². The smallest absolute Gasteiger partial charge is 0.207 e. The van der Waals surface area contributed by atoms with Crippen LogP contribution in [-0.2, 0) is 10.0 Å². The normalized spacial score (nSPS) is 14.6. The second kappa shape index (κ2) is 5.14. The molecule has 0 amide bonds. The second-order valence-electron chi connectivity index (χ2n) is 4.40. The highest BCUT2D eigenvalue weighted by molar-refractivity contribution is 7.89. The summed E-state index contributed by atoms with van der Waals surface area (Å²) in [7, 11) is -3.60. The Hall–Kier alpha value is -0.290. The van der Waals surface area contributed by atoms with Gasteiger partial charge < -0.3 is 0 Å². The van der Waals surface area contributed by atoms with E-state index >= 15 is 0 Å². The van der Waals surface area contributed by atoms with Gasteiger partial charge in [-0.1, -0.05) is 17.7 Å². The molecular formula is C11H15Cl2NO2S. The van der Waals surface area contributed by atoms with Crippen LogP contribution in [-0.4, -0.2) is 19.3 Å². The SMILES string of the molecule is CC(Cl)C(C)(C)NS(=O)(=O)c1cccc(Cl)c1. The van der Waals surface area contributed by atoms with Gasteiger partial charge in [0.15, 0.2) is 0 Å². The van der Waals surface area contributed by atoms with Crippen LogP contribution in [0.1, 0.15) is 20.8 Å². The fraction of sp³-hybridized carbons (Fsp3) is 0.455. The van der Waals surface area contributed by atoms with Gasteiger partial charge in [0.25, 0.3) is 0 Å². The van der Waals surface area contributed by atoms with E-state index < -0.39 is 15.6 Å². The predicted octanol–water partition coefficient (Wildman–Crippen LogP) is 3.02. The summed E-state index contributed by atoms with van der Waals surface area (Å²) >= 11 is 11.7. The summed E-state index contributed by atoms with van der Waals surface area (Å²) < 4.78 is 26.7. The maximum atomic E-state index is 12.1. The van der Waals surface area contributed by atoms with Gasteiger partial charge in [0.2, 0.25) is 10.0 Å². The summed E-state index contributed by atoms with van der Waals surface area (Å²) in [6.07, 6.45) is 0. The first-order valence-electron chi connectivity index (χ1n) is 5.09. The van der Waals surface area contributed by atoms with E-state index in [0.717, 1.165) is 0 Å². The minimum Gasteiger partial charge on any atom is -0.207 e. The van der Waals surface area contributed by atoms with E-state index in [1.54, 1.807) is 32.9 Å². The molecule has 0 fully saturated rings. The molecule has 1 N–H and O–H groups in total. The molecule has 0 bridgehead atoms. The van der Waals surface area contributed by atoms with Crippen LogP contribution in [0.15, 0.2) is 29.2 Å². The van der Waals surface area contributed by atoms with E-state index in [1.165, 1.54) is 12.1 Å².